The number of furan rings is 1. The summed E-state index contributed by atoms with van der Waals surface area (Å²) in [4.78, 5) is 2.38. The molecule has 2 aliphatic carbocycles. The van der Waals surface area contributed by atoms with Crippen molar-refractivity contribution in [3.05, 3.63) is 281 Å². The molecule has 62 heavy (non-hydrogen) atoms. The zero-order valence-corrected chi connectivity index (χ0v) is 33.7. The summed E-state index contributed by atoms with van der Waals surface area (Å²) in [6.45, 7) is 0. The molecule has 9 aromatic carbocycles. The van der Waals surface area contributed by atoms with Crippen LogP contribution < -0.4 is 4.90 Å². The summed E-state index contributed by atoms with van der Waals surface area (Å²) in [6.07, 6.45) is 1.76. The van der Waals surface area contributed by atoms with Crippen LogP contribution in [0.5, 0.6) is 0 Å². The molecule has 0 aliphatic heterocycles. The first-order valence-corrected chi connectivity index (χ1v) is 21.1. The van der Waals surface area contributed by atoms with Crippen LogP contribution in [0.15, 0.2) is 235 Å². The van der Waals surface area contributed by atoms with E-state index in [2.05, 4.69) is 223 Å². The van der Waals surface area contributed by atoms with Crippen molar-refractivity contribution >= 4 is 28.0 Å². The Bertz CT molecular complexity index is 3280. The van der Waals surface area contributed by atoms with Gasteiger partial charge in [-0.05, 0) is 121 Å². The fourth-order valence-corrected chi connectivity index (χ4v) is 10.8. The predicted molar refractivity (Wildman–Crippen MR) is 250 cm³/mol. The zero-order chi connectivity index (χ0) is 41.3. The standard InChI is InChI=1S/C59H38N2O/c60-39-40-25-30-50-51-31-28-47(37-56(51)59(55(50)35-40,44-19-9-3-10-20-44)45-21-11-4-12-22-45)61(48-27-26-41-33-34-62-57(41)38-48)46-29-32-54-52(36-46)49-23-13-14-24-53(49)58(54,42-15-5-1-6-16-42)43-17-7-2-8-18-43/h1-38H. The normalized spacial score (nSPS) is 13.7. The molecule has 10 aromatic rings. The van der Waals surface area contributed by atoms with Crippen LogP contribution in [0.4, 0.5) is 17.1 Å². The SMILES string of the molecule is N#Cc1ccc2c(c1)C(c1ccccc1)(c1ccccc1)c1cc(N(c3ccc4c(c3)-c3ccccc3C4(c3ccccc3)c3ccccc3)c3ccc4ccoc4c3)ccc1-2. The van der Waals surface area contributed by atoms with E-state index in [9.17, 15) is 5.26 Å². The van der Waals surface area contributed by atoms with Gasteiger partial charge in [0.2, 0.25) is 0 Å². The highest BCUT2D eigenvalue weighted by Crippen LogP contribution is 2.59. The molecule has 2 aliphatic rings. The van der Waals surface area contributed by atoms with Gasteiger partial charge in [0, 0.05) is 28.5 Å². The first-order valence-electron chi connectivity index (χ1n) is 21.1. The van der Waals surface area contributed by atoms with Crippen LogP contribution >= 0.6 is 0 Å². The smallest absolute Gasteiger partial charge is 0.135 e. The maximum Gasteiger partial charge on any atom is 0.135 e. The summed E-state index contributed by atoms with van der Waals surface area (Å²) in [6, 6.07) is 83.4. The van der Waals surface area contributed by atoms with Gasteiger partial charge in [0.15, 0.2) is 0 Å². The average Bonchev–Trinajstić information content (AvgIpc) is 4.02. The minimum Gasteiger partial charge on any atom is -0.464 e. The van der Waals surface area contributed by atoms with E-state index >= 15 is 0 Å². The number of rotatable bonds is 7. The number of nitrogens with zero attached hydrogens (tertiary/aromatic N) is 2. The minimum absolute atomic E-state index is 0.502. The number of hydrogen-bond acceptors (Lipinski definition) is 3. The number of anilines is 3. The van der Waals surface area contributed by atoms with Crippen LogP contribution in [0.1, 0.15) is 50.1 Å². The minimum atomic E-state index is -0.686. The van der Waals surface area contributed by atoms with Crippen LogP contribution in [-0.4, -0.2) is 0 Å². The lowest BCUT2D eigenvalue weighted by molar-refractivity contribution is 0.616. The van der Waals surface area contributed by atoms with Crippen LogP contribution in [0.3, 0.4) is 0 Å². The highest BCUT2D eigenvalue weighted by Gasteiger charge is 2.48. The molecule has 1 heterocycles. The van der Waals surface area contributed by atoms with E-state index < -0.39 is 10.8 Å². The van der Waals surface area contributed by atoms with E-state index in [0.29, 0.717) is 5.56 Å². The van der Waals surface area contributed by atoms with Crippen molar-refractivity contribution in [1.82, 2.24) is 0 Å². The van der Waals surface area contributed by atoms with Gasteiger partial charge < -0.3 is 9.32 Å². The molecule has 0 bridgehead atoms. The molecule has 3 nitrogen and oxygen atoms in total. The Morgan fingerprint density at radius 1 is 0.371 bits per heavy atom. The van der Waals surface area contributed by atoms with E-state index in [0.717, 1.165) is 55.8 Å². The largest absolute Gasteiger partial charge is 0.464 e. The molecule has 0 atom stereocenters. The fourth-order valence-electron chi connectivity index (χ4n) is 10.8. The third-order valence-electron chi connectivity index (χ3n) is 13.3. The summed E-state index contributed by atoms with van der Waals surface area (Å²) >= 11 is 0. The molecule has 290 valence electrons. The predicted octanol–water partition coefficient (Wildman–Crippen LogP) is 14.5. The van der Waals surface area contributed by atoms with Crippen molar-refractivity contribution in [3.63, 3.8) is 0 Å². The Balaban J connectivity index is 1.13. The lowest BCUT2D eigenvalue weighted by Crippen LogP contribution is -2.29. The van der Waals surface area contributed by atoms with Gasteiger partial charge in [0.1, 0.15) is 5.58 Å². The van der Waals surface area contributed by atoms with Crippen LogP contribution in [0.25, 0.3) is 33.2 Å². The van der Waals surface area contributed by atoms with Gasteiger partial charge in [0.05, 0.1) is 28.7 Å². The zero-order valence-electron chi connectivity index (χ0n) is 33.7. The number of nitriles is 1. The third-order valence-corrected chi connectivity index (χ3v) is 13.3. The molecule has 12 rings (SSSR count). The molecule has 0 fully saturated rings. The van der Waals surface area contributed by atoms with Crippen molar-refractivity contribution in [2.45, 2.75) is 10.8 Å². The molecule has 1 aromatic heterocycles. The van der Waals surface area contributed by atoms with Crippen molar-refractivity contribution in [2.24, 2.45) is 0 Å². The van der Waals surface area contributed by atoms with Crippen molar-refractivity contribution in [1.29, 1.82) is 5.26 Å². The molecule has 0 N–H and O–H groups in total. The summed E-state index contributed by atoms with van der Waals surface area (Å²) < 4.78 is 6.06. The van der Waals surface area contributed by atoms with Crippen molar-refractivity contribution in [2.75, 3.05) is 4.90 Å². The topological polar surface area (TPSA) is 40.2 Å². The number of hydrogen-bond donors (Lipinski definition) is 0. The highest BCUT2D eigenvalue weighted by molar-refractivity contribution is 5.94. The van der Waals surface area contributed by atoms with Crippen molar-refractivity contribution in [3.8, 4) is 28.3 Å². The lowest BCUT2D eigenvalue weighted by Gasteiger charge is -2.35. The number of benzene rings is 9. The average molecular weight is 791 g/mol. The van der Waals surface area contributed by atoms with Gasteiger partial charge in [-0.25, -0.2) is 0 Å². The van der Waals surface area contributed by atoms with Crippen LogP contribution in [0, 0.1) is 11.3 Å². The molecule has 0 amide bonds. The maximum absolute atomic E-state index is 10.3. The van der Waals surface area contributed by atoms with Gasteiger partial charge in [-0.1, -0.05) is 164 Å². The lowest BCUT2D eigenvalue weighted by atomic mass is 9.67. The number of fused-ring (bicyclic) bond motifs is 7. The Morgan fingerprint density at radius 3 is 1.47 bits per heavy atom. The molecule has 0 saturated carbocycles. The van der Waals surface area contributed by atoms with Gasteiger partial charge in [0.25, 0.3) is 0 Å². The second-order valence-electron chi connectivity index (χ2n) is 16.3. The van der Waals surface area contributed by atoms with E-state index in [1.54, 1.807) is 6.26 Å². The quantitative estimate of drug-likeness (QED) is 0.161. The van der Waals surface area contributed by atoms with Crippen LogP contribution in [0.2, 0.25) is 0 Å². The highest BCUT2D eigenvalue weighted by atomic mass is 16.3. The van der Waals surface area contributed by atoms with E-state index in [4.69, 9.17) is 4.42 Å². The molecule has 0 unspecified atom stereocenters. The molecule has 0 spiro atoms. The van der Waals surface area contributed by atoms with Crippen LogP contribution in [-0.2, 0) is 10.8 Å². The van der Waals surface area contributed by atoms with Gasteiger partial charge >= 0.3 is 0 Å². The second-order valence-corrected chi connectivity index (χ2v) is 16.3. The van der Waals surface area contributed by atoms with Crippen molar-refractivity contribution < 1.29 is 4.42 Å². The van der Waals surface area contributed by atoms with E-state index in [-0.39, 0.29) is 0 Å². The molecular formula is C59H38N2O. The van der Waals surface area contributed by atoms with E-state index in [1.807, 2.05) is 12.1 Å². The molecule has 3 heteroatoms. The maximum atomic E-state index is 10.3. The second kappa shape index (κ2) is 13.9. The Kier molecular flexibility index (Phi) is 8.04. The summed E-state index contributed by atoms with van der Waals surface area (Å²) in [5, 5.41) is 11.3. The van der Waals surface area contributed by atoms with Gasteiger partial charge in [-0.3, -0.25) is 0 Å². The fraction of sp³-hybridized carbons (Fsp3) is 0.0339. The first-order chi connectivity index (χ1) is 30.7. The third kappa shape index (κ3) is 5.05. The van der Waals surface area contributed by atoms with Gasteiger partial charge in [-0.2, -0.15) is 5.26 Å². The molecular weight excluding hydrogens is 753 g/mol. The Morgan fingerprint density at radius 2 is 0.839 bits per heavy atom. The Hall–Kier alpha value is -8.19. The summed E-state index contributed by atoms with van der Waals surface area (Å²) in [5.74, 6) is 0. The van der Waals surface area contributed by atoms with E-state index in [1.165, 1.54) is 38.9 Å². The Labute approximate surface area is 361 Å². The van der Waals surface area contributed by atoms with Gasteiger partial charge in [-0.15, -0.1) is 0 Å². The summed E-state index contributed by atoms with van der Waals surface area (Å²) in [5.41, 5.74) is 17.6. The molecule has 0 saturated heterocycles. The first kappa shape index (κ1) is 35.7. The monoisotopic (exact) mass is 790 g/mol. The molecule has 0 radical (unpaired) electrons. The summed E-state index contributed by atoms with van der Waals surface area (Å²) in [7, 11) is 0.